The Bertz CT molecular complexity index is 1350. The molecular weight excluding hydrogens is 431 g/mol. The molecule has 0 unspecified atom stereocenters. The van der Waals surface area contributed by atoms with Crippen molar-refractivity contribution in [3.05, 3.63) is 90.5 Å². The lowest BCUT2D eigenvalue weighted by Crippen LogP contribution is -2.31. The van der Waals surface area contributed by atoms with Gasteiger partial charge in [-0.2, -0.15) is 0 Å². The van der Waals surface area contributed by atoms with Crippen LogP contribution in [0.2, 0.25) is 0 Å². The number of imidazole rings is 1. The number of sulfonamides is 1. The van der Waals surface area contributed by atoms with E-state index >= 15 is 0 Å². The van der Waals surface area contributed by atoms with Gasteiger partial charge in [-0.25, -0.2) is 22.5 Å². The van der Waals surface area contributed by atoms with Gasteiger partial charge in [0.05, 0.1) is 28.3 Å². The number of nitrogens with zero attached hydrogens (tertiary/aromatic N) is 2. The lowest BCUT2D eigenvalue weighted by Gasteiger charge is -2.20. The van der Waals surface area contributed by atoms with Crippen LogP contribution in [0.4, 0.5) is 10.1 Å². The maximum absolute atomic E-state index is 13.5. The van der Waals surface area contributed by atoms with Gasteiger partial charge in [0, 0.05) is 19.2 Å². The van der Waals surface area contributed by atoms with Gasteiger partial charge in [0.2, 0.25) is 15.9 Å². The second-order valence-corrected chi connectivity index (χ2v) is 9.03. The first-order chi connectivity index (χ1) is 15.3. The van der Waals surface area contributed by atoms with Crippen molar-refractivity contribution in [2.45, 2.75) is 24.4 Å². The Hall–Kier alpha value is -3.56. The van der Waals surface area contributed by atoms with Crippen LogP contribution in [0.1, 0.15) is 18.5 Å². The molecular formula is C23H21FN4O3S. The number of hydrogen-bond acceptors (Lipinski definition) is 4. The second kappa shape index (κ2) is 8.89. The van der Waals surface area contributed by atoms with Crippen molar-refractivity contribution in [3.8, 4) is 0 Å². The number of carbonyl (C=O) groups is 1. The van der Waals surface area contributed by atoms with Crippen molar-refractivity contribution < 1.29 is 17.6 Å². The first-order valence-corrected chi connectivity index (χ1v) is 11.4. The number of para-hydroxylation sites is 2. The second-order valence-electron chi connectivity index (χ2n) is 7.32. The van der Waals surface area contributed by atoms with Crippen molar-refractivity contribution in [3.63, 3.8) is 0 Å². The number of carbonyl (C=O) groups excluding carboxylic acids is 1. The molecule has 4 rings (SSSR count). The van der Waals surface area contributed by atoms with E-state index in [-0.39, 0.29) is 17.3 Å². The summed E-state index contributed by atoms with van der Waals surface area (Å²) in [6.07, 6.45) is 1.65. The van der Waals surface area contributed by atoms with E-state index in [0.29, 0.717) is 11.3 Å². The SMILES string of the molecule is CC(=O)Nc1ccc(S(=O)(=O)N[C@@H](Cn2cnc3ccccc32)c2ccc(F)cc2)cc1. The van der Waals surface area contributed by atoms with E-state index in [1.807, 2.05) is 28.8 Å². The zero-order valence-electron chi connectivity index (χ0n) is 17.2. The Morgan fingerprint density at radius 2 is 1.72 bits per heavy atom. The Kier molecular flexibility index (Phi) is 6.02. The maximum Gasteiger partial charge on any atom is 0.241 e. The maximum atomic E-state index is 13.5. The summed E-state index contributed by atoms with van der Waals surface area (Å²) in [5, 5.41) is 2.60. The number of aromatic nitrogens is 2. The monoisotopic (exact) mass is 452 g/mol. The molecule has 0 aliphatic heterocycles. The molecule has 1 aromatic heterocycles. The summed E-state index contributed by atoms with van der Waals surface area (Å²) in [6, 6.07) is 18.5. The Morgan fingerprint density at radius 1 is 1.03 bits per heavy atom. The smallest absolute Gasteiger partial charge is 0.241 e. The number of rotatable bonds is 7. The van der Waals surface area contributed by atoms with Crippen molar-refractivity contribution in [1.82, 2.24) is 14.3 Å². The van der Waals surface area contributed by atoms with Gasteiger partial charge in [-0.05, 0) is 54.1 Å². The van der Waals surface area contributed by atoms with Crippen LogP contribution in [0.15, 0.2) is 84.0 Å². The molecule has 4 aromatic rings. The van der Waals surface area contributed by atoms with Crippen LogP contribution in [-0.4, -0.2) is 23.9 Å². The van der Waals surface area contributed by atoms with E-state index < -0.39 is 21.9 Å². The van der Waals surface area contributed by atoms with Crippen molar-refractivity contribution in [2.24, 2.45) is 0 Å². The van der Waals surface area contributed by atoms with Gasteiger partial charge in [0.15, 0.2) is 0 Å². The van der Waals surface area contributed by atoms with Gasteiger partial charge in [-0.15, -0.1) is 0 Å². The number of hydrogen-bond donors (Lipinski definition) is 2. The standard InChI is InChI=1S/C23H21FN4O3S/c1-16(29)26-19-10-12-20(13-11-19)32(30,31)27-22(17-6-8-18(24)9-7-17)14-28-15-25-21-4-2-3-5-23(21)28/h2-13,15,22,27H,14H2,1H3,(H,26,29)/t22-/m0/s1. The minimum absolute atomic E-state index is 0.0502. The van der Waals surface area contributed by atoms with Crippen molar-refractivity contribution >= 4 is 32.7 Å². The minimum atomic E-state index is -3.91. The fourth-order valence-electron chi connectivity index (χ4n) is 3.43. The zero-order chi connectivity index (χ0) is 22.7. The zero-order valence-corrected chi connectivity index (χ0v) is 18.0. The molecule has 164 valence electrons. The fraction of sp³-hybridized carbons (Fsp3) is 0.130. The van der Waals surface area contributed by atoms with Crippen molar-refractivity contribution in [1.29, 1.82) is 0 Å². The number of benzene rings is 3. The molecule has 0 aliphatic rings. The van der Waals surface area contributed by atoms with Gasteiger partial charge >= 0.3 is 0 Å². The first kappa shape index (κ1) is 21.7. The van der Waals surface area contributed by atoms with Gasteiger partial charge in [0.1, 0.15) is 5.82 Å². The molecule has 0 bridgehead atoms. The molecule has 9 heteroatoms. The van der Waals surface area contributed by atoms with Crippen LogP contribution in [0, 0.1) is 5.82 Å². The topological polar surface area (TPSA) is 93.1 Å². The summed E-state index contributed by atoms with van der Waals surface area (Å²) in [4.78, 5) is 15.6. The highest BCUT2D eigenvalue weighted by Gasteiger charge is 2.23. The number of halogens is 1. The number of nitrogens with one attached hydrogen (secondary N) is 2. The van der Waals surface area contributed by atoms with Crippen LogP contribution in [0.3, 0.4) is 0 Å². The van der Waals surface area contributed by atoms with Crippen LogP contribution < -0.4 is 10.0 Å². The quantitative estimate of drug-likeness (QED) is 0.445. The average Bonchev–Trinajstić information content (AvgIpc) is 3.17. The lowest BCUT2D eigenvalue weighted by molar-refractivity contribution is -0.114. The highest BCUT2D eigenvalue weighted by atomic mass is 32.2. The molecule has 32 heavy (non-hydrogen) atoms. The highest BCUT2D eigenvalue weighted by molar-refractivity contribution is 7.89. The van der Waals surface area contributed by atoms with Gasteiger partial charge in [-0.3, -0.25) is 4.79 Å². The van der Waals surface area contributed by atoms with Gasteiger partial charge in [0.25, 0.3) is 0 Å². The molecule has 0 spiro atoms. The Balaban J connectivity index is 1.65. The third-order valence-electron chi connectivity index (χ3n) is 4.96. The van der Waals surface area contributed by atoms with E-state index in [1.54, 1.807) is 18.5 Å². The van der Waals surface area contributed by atoms with Crippen LogP contribution >= 0.6 is 0 Å². The number of anilines is 1. The van der Waals surface area contributed by atoms with Gasteiger partial charge < -0.3 is 9.88 Å². The summed E-state index contributed by atoms with van der Waals surface area (Å²) in [7, 11) is -3.91. The molecule has 7 nitrogen and oxygen atoms in total. The largest absolute Gasteiger partial charge is 0.329 e. The van der Waals surface area contributed by atoms with E-state index in [9.17, 15) is 17.6 Å². The molecule has 1 atom stereocenters. The molecule has 0 radical (unpaired) electrons. The summed E-state index contributed by atoms with van der Waals surface area (Å²) >= 11 is 0. The summed E-state index contributed by atoms with van der Waals surface area (Å²) in [5.74, 6) is -0.653. The minimum Gasteiger partial charge on any atom is -0.329 e. The molecule has 1 amide bonds. The van der Waals surface area contributed by atoms with Crippen LogP contribution in [-0.2, 0) is 21.4 Å². The Labute approximate surface area is 185 Å². The predicted molar refractivity (Wildman–Crippen MR) is 120 cm³/mol. The third-order valence-corrected chi connectivity index (χ3v) is 6.45. The molecule has 3 aromatic carbocycles. The van der Waals surface area contributed by atoms with E-state index in [2.05, 4.69) is 15.0 Å². The highest BCUT2D eigenvalue weighted by Crippen LogP contribution is 2.23. The molecule has 1 heterocycles. The van der Waals surface area contributed by atoms with Crippen LogP contribution in [0.25, 0.3) is 11.0 Å². The fourth-order valence-corrected chi connectivity index (χ4v) is 4.65. The lowest BCUT2D eigenvalue weighted by atomic mass is 10.1. The normalized spacial score (nSPS) is 12.6. The number of fused-ring (bicyclic) bond motifs is 1. The summed E-state index contributed by atoms with van der Waals surface area (Å²) in [5.41, 5.74) is 2.76. The first-order valence-electron chi connectivity index (χ1n) is 9.87. The summed E-state index contributed by atoms with van der Waals surface area (Å²) < 4.78 is 44.3. The number of amides is 1. The van der Waals surface area contributed by atoms with Crippen LogP contribution in [0.5, 0.6) is 0 Å². The van der Waals surface area contributed by atoms with E-state index in [0.717, 1.165) is 11.0 Å². The summed E-state index contributed by atoms with van der Waals surface area (Å²) in [6.45, 7) is 1.63. The molecule has 2 N–H and O–H groups in total. The van der Waals surface area contributed by atoms with E-state index in [4.69, 9.17) is 0 Å². The van der Waals surface area contributed by atoms with E-state index in [1.165, 1.54) is 43.3 Å². The average molecular weight is 453 g/mol. The third kappa shape index (κ3) is 4.84. The molecule has 0 fully saturated rings. The molecule has 0 saturated carbocycles. The predicted octanol–water partition coefficient (Wildman–Crippen LogP) is 3.85. The molecule has 0 saturated heterocycles. The molecule has 0 aliphatic carbocycles. The van der Waals surface area contributed by atoms with Gasteiger partial charge in [-0.1, -0.05) is 24.3 Å². The Morgan fingerprint density at radius 3 is 2.41 bits per heavy atom. The van der Waals surface area contributed by atoms with Crippen molar-refractivity contribution in [2.75, 3.05) is 5.32 Å².